The number of urea groups is 1. The van der Waals surface area contributed by atoms with Gasteiger partial charge in [-0.3, -0.25) is 0 Å². The predicted octanol–water partition coefficient (Wildman–Crippen LogP) is 3.51. The Labute approximate surface area is 223 Å². The molecule has 1 aromatic rings. The number of carbonyl (C=O) groups excluding carboxylic acids is 2. The van der Waals surface area contributed by atoms with Crippen LogP contribution in [0.4, 0.5) is 18.4 Å². The summed E-state index contributed by atoms with van der Waals surface area (Å²) in [7, 11) is 3.13. The number of piperidine rings is 1. The number of alkyl carbamates (subject to hydrolysis) is 1. The average molecular weight is 541 g/mol. The van der Waals surface area contributed by atoms with E-state index in [0.29, 0.717) is 37.4 Å². The van der Waals surface area contributed by atoms with Gasteiger partial charge in [-0.25, -0.2) is 18.4 Å². The van der Waals surface area contributed by atoms with Crippen molar-refractivity contribution < 1.29 is 32.6 Å². The number of aryl methyl sites for hydroxylation is 1. The van der Waals surface area contributed by atoms with Crippen molar-refractivity contribution in [2.24, 2.45) is 11.8 Å². The van der Waals surface area contributed by atoms with Crippen molar-refractivity contribution in [2.75, 3.05) is 60.2 Å². The number of halogens is 2. The second kappa shape index (κ2) is 15.2. The van der Waals surface area contributed by atoms with Gasteiger partial charge in [0.1, 0.15) is 0 Å². The molecule has 3 rings (SSSR count). The van der Waals surface area contributed by atoms with Crippen LogP contribution in [0.1, 0.15) is 49.3 Å². The van der Waals surface area contributed by atoms with Crippen LogP contribution in [-0.2, 0) is 14.2 Å². The minimum Gasteiger partial charge on any atom is -0.453 e. The minimum absolute atomic E-state index is 0.101. The number of benzene rings is 1. The summed E-state index contributed by atoms with van der Waals surface area (Å²) in [6.07, 6.45) is 3.59. The number of ether oxygens (including phenoxy) is 3. The highest BCUT2D eigenvalue weighted by Gasteiger charge is 2.39. The zero-order chi connectivity index (χ0) is 27.5. The number of nitrogens with zero attached hydrogens (tertiary/aromatic N) is 1. The predicted molar refractivity (Wildman–Crippen MR) is 139 cm³/mol. The third-order valence-corrected chi connectivity index (χ3v) is 7.43. The van der Waals surface area contributed by atoms with Gasteiger partial charge in [0.2, 0.25) is 0 Å². The van der Waals surface area contributed by atoms with E-state index in [1.165, 1.54) is 7.11 Å². The summed E-state index contributed by atoms with van der Waals surface area (Å²) in [5, 5.41) is 8.88. The summed E-state index contributed by atoms with van der Waals surface area (Å²) < 4.78 is 45.5. The van der Waals surface area contributed by atoms with Gasteiger partial charge in [-0.2, -0.15) is 0 Å². The Morgan fingerprint density at radius 2 is 1.97 bits per heavy atom. The Balaban J connectivity index is 1.77. The fourth-order valence-electron chi connectivity index (χ4n) is 5.51. The maximum absolute atomic E-state index is 15.3. The number of likely N-dealkylation sites (N-methyl/N-ethyl adjacent to an activating group) is 1. The third kappa shape index (κ3) is 8.25. The van der Waals surface area contributed by atoms with E-state index in [2.05, 4.69) is 20.7 Å². The first kappa shape index (κ1) is 30.0. The molecule has 1 aromatic carbocycles. The van der Waals surface area contributed by atoms with Crippen LogP contribution >= 0.6 is 0 Å². The van der Waals surface area contributed by atoms with Crippen LogP contribution in [-0.4, -0.2) is 83.3 Å². The molecular formula is C27H42F2N4O5. The van der Waals surface area contributed by atoms with Gasteiger partial charge in [0.25, 0.3) is 0 Å². The fourth-order valence-corrected chi connectivity index (χ4v) is 5.51. The van der Waals surface area contributed by atoms with Crippen molar-refractivity contribution in [3.63, 3.8) is 0 Å². The van der Waals surface area contributed by atoms with Crippen LogP contribution < -0.4 is 16.0 Å². The number of likely N-dealkylation sites (tertiary alicyclic amines) is 1. The molecule has 2 aliphatic heterocycles. The molecule has 3 N–H and O–H groups in total. The molecule has 214 valence electrons. The molecule has 2 saturated heterocycles. The summed E-state index contributed by atoms with van der Waals surface area (Å²) >= 11 is 0. The number of hydrogen-bond donors (Lipinski definition) is 3. The monoisotopic (exact) mass is 540 g/mol. The molecule has 1 unspecified atom stereocenters. The van der Waals surface area contributed by atoms with Gasteiger partial charge < -0.3 is 35.1 Å². The molecule has 2 fully saturated rings. The first-order valence-corrected chi connectivity index (χ1v) is 13.5. The average Bonchev–Trinajstić information content (AvgIpc) is 2.91. The molecule has 0 aliphatic carbocycles. The van der Waals surface area contributed by atoms with Gasteiger partial charge in [0.05, 0.1) is 26.4 Å². The van der Waals surface area contributed by atoms with Gasteiger partial charge in [-0.15, -0.1) is 0 Å². The van der Waals surface area contributed by atoms with Gasteiger partial charge in [0, 0.05) is 50.4 Å². The van der Waals surface area contributed by atoms with Gasteiger partial charge in [0.15, 0.2) is 11.6 Å². The van der Waals surface area contributed by atoms with Crippen molar-refractivity contribution in [1.29, 1.82) is 0 Å². The van der Waals surface area contributed by atoms with Gasteiger partial charge in [-0.05, 0) is 63.6 Å². The Bertz CT molecular complexity index is 916. The van der Waals surface area contributed by atoms with Crippen molar-refractivity contribution in [1.82, 2.24) is 20.9 Å². The molecule has 0 aromatic heterocycles. The van der Waals surface area contributed by atoms with Crippen LogP contribution in [0.5, 0.6) is 0 Å². The lowest BCUT2D eigenvalue weighted by Gasteiger charge is -2.43. The maximum Gasteiger partial charge on any atom is 0.406 e. The number of hydrogen-bond acceptors (Lipinski definition) is 6. The Kier molecular flexibility index (Phi) is 12.0. The smallest absolute Gasteiger partial charge is 0.406 e. The lowest BCUT2D eigenvalue weighted by molar-refractivity contribution is 0.0326. The molecule has 3 amide bonds. The summed E-state index contributed by atoms with van der Waals surface area (Å²) in [5.74, 6) is -1.66. The van der Waals surface area contributed by atoms with Crippen molar-refractivity contribution in [3.05, 3.63) is 34.9 Å². The van der Waals surface area contributed by atoms with Crippen molar-refractivity contribution in [2.45, 2.75) is 51.1 Å². The molecular weight excluding hydrogens is 498 g/mol. The third-order valence-electron chi connectivity index (χ3n) is 7.43. The van der Waals surface area contributed by atoms with Crippen LogP contribution in [0.2, 0.25) is 0 Å². The zero-order valence-corrected chi connectivity index (χ0v) is 22.7. The second-order valence-corrected chi connectivity index (χ2v) is 10.1. The van der Waals surface area contributed by atoms with E-state index in [4.69, 9.17) is 9.47 Å². The van der Waals surface area contributed by atoms with Gasteiger partial charge in [-0.1, -0.05) is 6.07 Å². The molecule has 11 heteroatoms. The molecule has 9 nitrogen and oxygen atoms in total. The normalized spacial score (nSPS) is 21.1. The van der Waals surface area contributed by atoms with E-state index >= 15 is 4.39 Å². The minimum atomic E-state index is -0.939. The Morgan fingerprint density at radius 1 is 1.21 bits per heavy atom. The Morgan fingerprint density at radius 3 is 2.68 bits per heavy atom. The van der Waals surface area contributed by atoms with Gasteiger partial charge >= 0.3 is 12.1 Å². The van der Waals surface area contributed by atoms with E-state index in [-0.39, 0.29) is 43.3 Å². The largest absolute Gasteiger partial charge is 0.453 e. The zero-order valence-electron chi connectivity index (χ0n) is 22.7. The highest BCUT2D eigenvalue weighted by atomic mass is 19.2. The van der Waals surface area contributed by atoms with E-state index in [1.54, 1.807) is 17.9 Å². The lowest BCUT2D eigenvalue weighted by atomic mass is 9.83. The second-order valence-electron chi connectivity index (χ2n) is 10.1. The first-order valence-electron chi connectivity index (χ1n) is 13.5. The Hall–Kier alpha value is -2.50. The summed E-state index contributed by atoms with van der Waals surface area (Å²) in [5.41, 5.74) is 0.774. The van der Waals surface area contributed by atoms with Crippen LogP contribution in [0.25, 0.3) is 0 Å². The highest BCUT2D eigenvalue weighted by molar-refractivity contribution is 5.75. The lowest BCUT2D eigenvalue weighted by Crippen LogP contribution is -2.53. The van der Waals surface area contributed by atoms with Crippen molar-refractivity contribution in [3.8, 4) is 0 Å². The SMILES string of the molecule is CNC[C@H](CC1CCOCC1)NC(=O)N1CCCC(COCCNC(=O)OC)[C@@H]1c1c(C)ccc(F)c1F. The van der Waals surface area contributed by atoms with E-state index in [9.17, 15) is 14.0 Å². The molecule has 2 heterocycles. The van der Waals surface area contributed by atoms with Crippen LogP contribution in [0, 0.1) is 30.4 Å². The molecule has 38 heavy (non-hydrogen) atoms. The number of methoxy groups -OCH3 is 1. The number of rotatable bonds is 11. The molecule has 2 aliphatic rings. The van der Waals surface area contributed by atoms with E-state index in [1.807, 2.05) is 7.05 Å². The first-order chi connectivity index (χ1) is 18.3. The number of carbonyl (C=O) groups is 2. The summed E-state index contributed by atoms with van der Waals surface area (Å²) in [4.78, 5) is 26.6. The number of amides is 3. The maximum atomic E-state index is 15.3. The molecule has 0 radical (unpaired) electrons. The topological polar surface area (TPSA) is 101 Å². The summed E-state index contributed by atoms with van der Waals surface area (Å²) in [6, 6.07) is 1.58. The van der Waals surface area contributed by atoms with Crippen LogP contribution in [0.3, 0.4) is 0 Å². The number of nitrogens with one attached hydrogen (secondary N) is 3. The quantitative estimate of drug-likeness (QED) is 0.372. The summed E-state index contributed by atoms with van der Waals surface area (Å²) in [6.45, 7) is 4.93. The molecule has 0 spiro atoms. The molecule has 0 saturated carbocycles. The molecule has 0 bridgehead atoms. The van der Waals surface area contributed by atoms with Crippen LogP contribution in [0.15, 0.2) is 12.1 Å². The standard InChI is InChI=1S/C27H42F2N4O5/c1-18-6-7-22(28)24(29)23(18)25-20(17-38-14-10-31-27(35)36-3)5-4-11-33(25)26(34)32-21(16-30-2)15-19-8-12-37-13-9-19/h6-7,19-21,25,30H,4-5,8-17H2,1-3H3,(H,31,35)(H,32,34)/t20?,21-,25+/m0/s1. The van der Waals surface area contributed by atoms with E-state index < -0.39 is 23.8 Å². The highest BCUT2D eigenvalue weighted by Crippen LogP contribution is 2.39. The van der Waals surface area contributed by atoms with Crippen molar-refractivity contribution >= 4 is 12.1 Å². The fraction of sp³-hybridized carbons (Fsp3) is 0.704. The van der Waals surface area contributed by atoms with E-state index in [0.717, 1.165) is 38.5 Å². The molecule has 3 atom stereocenters.